The van der Waals surface area contributed by atoms with Crippen molar-refractivity contribution < 1.29 is 0 Å². The molecule has 0 spiro atoms. The lowest BCUT2D eigenvalue weighted by molar-refractivity contribution is 0.200. The third kappa shape index (κ3) is 4.21. The summed E-state index contributed by atoms with van der Waals surface area (Å²) < 4.78 is 0. The van der Waals surface area contributed by atoms with Gasteiger partial charge in [-0.3, -0.25) is 0 Å². The Balaban J connectivity index is 5.54. The first-order chi connectivity index (χ1) is 8.23. The first-order valence-electron chi connectivity index (χ1n) is 6.77. The van der Waals surface area contributed by atoms with Crippen LogP contribution in [0.2, 0.25) is 0 Å². The van der Waals surface area contributed by atoms with Crippen LogP contribution in [0, 0.1) is 11.5 Å². The summed E-state index contributed by atoms with van der Waals surface area (Å²) in [5, 5.41) is 8.97. The maximum absolute atomic E-state index is 8.97. The molecule has 0 atom stereocenters. The summed E-state index contributed by atoms with van der Waals surface area (Å²) in [7, 11) is 0. The molecular weight excluding hydrogens is 224 g/mol. The van der Waals surface area contributed by atoms with Crippen LogP contribution < -0.4 is 0 Å². The Kier molecular flexibility index (Phi) is 6.75. The van der Waals surface area contributed by atoms with Gasteiger partial charge >= 0.3 is 0 Å². The molecule has 0 saturated carbocycles. The minimum absolute atomic E-state index is 0.317. The summed E-state index contributed by atoms with van der Waals surface area (Å²) in [6.07, 6.45) is 1.95. The van der Waals surface area contributed by atoms with Gasteiger partial charge in [0.15, 0.2) is 0 Å². The van der Waals surface area contributed by atoms with E-state index in [0.29, 0.717) is 24.2 Å². The maximum Gasteiger partial charge on any atom is 0.213 e. The van der Waals surface area contributed by atoms with Gasteiger partial charge in [0.1, 0.15) is 0 Å². The third-order valence-electron chi connectivity index (χ3n) is 2.84. The van der Waals surface area contributed by atoms with Gasteiger partial charge in [0.2, 0.25) is 12.2 Å². The molecule has 0 aromatic heterocycles. The Morgan fingerprint density at radius 2 is 1.06 bits per heavy atom. The van der Waals surface area contributed by atoms with Crippen molar-refractivity contribution in [3.63, 3.8) is 0 Å². The SMILES string of the molecule is CC(C)N(C(=NC#N)N(C(C)C)C(C)C)C(C)C. The lowest BCUT2D eigenvalue weighted by Gasteiger charge is -2.42. The van der Waals surface area contributed by atoms with Crippen LogP contribution in [0.5, 0.6) is 0 Å². The average Bonchev–Trinajstić information content (AvgIpc) is 2.14. The van der Waals surface area contributed by atoms with Gasteiger partial charge in [-0.1, -0.05) is 0 Å². The van der Waals surface area contributed by atoms with Crippen molar-refractivity contribution in [1.82, 2.24) is 9.80 Å². The van der Waals surface area contributed by atoms with Crippen LogP contribution in [0.4, 0.5) is 0 Å². The van der Waals surface area contributed by atoms with Crippen molar-refractivity contribution in [1.29, 1.82) is 5.26 Å². The number of nitrogens with zero attached hydrogens (tertiary/aromatic N) is 4. The second-order valence-electron chi connectivity index (χ2n) is 5.70. The highest BCUT2D eigenvalue weighted by atomic mass is 15.4. The molecule has 0 radical (unpaired) electrons. The lowest BCUT2D eigenvalue weighted by atomic mass is 10.2. The van der Waals surface area contributed by atoms with Crippen molar-refractivity contribution in [3.8, 4) is 6.19 Å². The van der Waals surface area contributed by atoms with Crippen LogP contribution >= 0.6 is 0 Å². The number of hydrogen-bond donors (Lipinski definition) is 0. The van der Waals surface area contributed by atoms with Gasteiger partial charge in [0.25, 0.3) is 0 Å². The fourth-order valence-electron chi connectivity index (χ4n) is 2.41. The molecular formula is C14H28N4. The highest BCUT2D eigenvalue weighted by Gasteiger charge is 2.27. The van der Waals surface area contributed by atoms with Crippen LogP contribution in [-0.2, 0) is 0 Å². The fraction of sp³-hybridized carbons (Fsp3) is 0.857. The minimum Gasteiger partial charge on any atom is -0.337 e. The van der Waals surface area contributed by atoms with Gasteiger partial charge in [-0.25, -0.2) is 0 Å². The molecule has 0 heterocycles. The van der Waals surface area contributed by atoms with E-state index in [4.69, 9.17) is 5.26 Å². The Morgan fingerprint density at radius 1 is 0.778 bits per heavy atom. The van der Waals surface area contributed by atoms with E-state index in [-0.39, 0.29) is 0 Å². The Labute approximate surface area is 112 Å². The van der Waals surface area contributed by atoms with Crippen molar-refractivity contribution in [2.24, 2.45) is 4.99 Å². The molecule has 0 rings (SSSR count). The van der Waals surface area contributed by atoms with Crippen molar-refractivity contribution in [2.75, 3.05) is 0 Å². The van der Waals surface area contributed by atoms with Crippen molar-refractivity contribution >= 4 is 5.96 Å². The number of nitriles is 1. The molecule has 0 aliphatic carbocycles. The molecule has 0 aliphatic rings. The van der Waals surface area contributed by atoms with Crippen LogP contribution in [0.25, 0.3) is 0 Å². The first kappa shape index (κ1) is 16.8. The summed E-state index contributed by atoms with van der Waals surface area (Å²) in [6.45, 7) is 17.0. The molecule has 4 nitrogen and oxygen atoms in total. The van der Waals surface area contributed by atoms with Gasteiger partial charge in [0, 0.05) is 24.2 Å². The van der Waals surface area contributed by atoms with Crippen LogP contribution in [0.3, 0.4) is 0 Å². The van der Waals surface area contributed by atoms with Gasteiger partial charge in [-0.05, 0) is 55.4 Å². The van der Waals surface area contributed by atoms with Gasteiger partial charge < -0.3 is 9.80 Å². The highest BCUT2D eigenvalue weighted by molar-refractivity contribution is 5.82. The maximum atomic E-state index is 8.97. The van der Waals surface area contributed by atoms with Crippen molar-refractivity contribution in [3.05, 3.63) is 0 Å². The Hall–Kier alpha value is -1.24. The van der Waals surface area contributed by atoms with Gasteiger partial charge in [-0.2, -0.15) is 5.26 Å². The molecule has 0 aromatic rings. The summed E-state index contributed by atoms with van der Waals surface area (Å²) in [5.41, 5.74) is 0. The van der Waals surface area contributed by atoms with Crippen LogP contribution in [0.1, 0.15) is 55.4 Å². The van der Waals surface area contributed by atoms with E-state index in [1.165, 1.54) is 0 Å². The standard InChI is InChI=1S/C14H28N4/c1-10(2)17(11(3)4)14(16-9-15)18(12(5)6)13(7)8/h10-13H,1-8H3. The molecule has 0 amide bonds. The molecule has 0 bridgehead atoms. The molecule has 0 fully saturated rings. The largest absolute Gasteiger partial charge is 0.337 e. The number of hydrogen-bond acceptors (Lipinski definition) is 2. The van der Waals surface area contributed by atoms with E-state index in [2.05, 4.69) is 70.2 Å². The molecule has 0 aliphatic heterocycles. The zero-order valence-corrected chi connectivity index (χ0v) is 13.1. The monoisotopic (exact) mass is 252 g/mol. The summed E-state index contributed by atoms with van der Waals surface area (Å²) in [5.74, 6) is 0.785. The molecule has 4 heteroatoms. The van der Waals surface area contributed by atoms with Crippen LogP contribution in [-0.4, -0.2) is 39.9 Å². The Bertz CT molecular complexity index is 272. The number of aliphatic imine (C=N–C) groups is 1. The predicted octanol–water partition coefficient (Wildman–Crippen LogP) is 3.06. The smallest absolute Gasteiger partial charge is 0.213 e. The van der Waals surface area contributed by atoms with Crippen LogP contribution in [0.15, 0.2) is 4.99 Å². The van der Waals surface area contributed by atoms with Crippen molar-refractivity contribution in [2.45, 2.75) is 79.6 Å². The topological polar surface area (TPSA) is 42.6 Å². The third-order valence-corrected chi connectivity index (χ3v) is 2.84. The zero-order chi connectivity index (χ0) is 14.5. The Morgan fingerprint density at radius 3 is 1.22 bits per heavy atom. The molecule has 18 heavy (non-hydrogen) atoms. The van der Waals surface area contributed by atoms with E-state index in [9.17, 15) is 0 Å². The molecule has 0 N–H and O–H groups in total. The molecule has 0 saturated heterocycles. The minimum atomic E-state index is 0.317. The average molecular weight is 252 g/mol. The summed E-state index contributed by atoms with van der Waals surface area (Å²) in [6, 6.07) is 1.27. The van der Waals surface area contributed by atoms with Gasteiger partial charge in [-0.15, -0.1) is 4.99 Å². The molecule has 104 valence electrons. The second kappa shape index (κ2) is 7.25. The zero-order valence-electron chi connectivity index (χ0n) is 13.1. The highest BCUT2D eigenvalue weighted by Crippen LogP contribution is 2.15. The van der Waals surface area contributed by atoms with E-state index < -0.39 is 0 Å². The number of rotatable bonds is 4. The quantitative estimate of drug-likeness (QED) is 0.439. The lowest BCUT2D eigenvalue weighted by Crippen LogP contribution is -2.54. The van der Waals surface area contributed by atoms with E-state index in [0.717, 1.165) is 5.96 Å². The fourth-order valence-corrected chi connectivity index (χ4v) is 2.41. The second-order valence-corrected chi connectivity index (χ2v) is 5.70. The van der Waals surface area contributed by atoms with E-state index in [1.54, 1.807) is 0 Å². The molecule has 0 unspecified atom stereocenters. The molecule has 0 aromatic carbocycles. The van der Waals surface area contributed by atoms with E-state index in [1.807, 2.05) is 6.19 Å². The number of guanidine groups is 1. The van der Waals surface area contributed by atoms with E-state index >= 15 is 0 Å². The first-order valence-corrected chi connectivity index (χ1v) is 6.77. The normalized spacial score (nSPS) is 11.1. The predicted molar refractivity (Wildman–Crippen MR) is 77.3 cm³/mol. The van der Waals surface area contributed by atoms with Gasteiger partial charge in [0.05, 0.1) is 0 Å². The summed E-state index contributed by atoms with van der Waals surface area (Å²) in [4.78, 5) is 8.48. The summed E-state index contributed by atoms with van der Waals surface area (Å²) >= 11 is 0.